The predicted octanol–water partition coefficient (Wildman–Crippen LogP) is 4.60. The second kappa shape index (κ2) is 26.1. The van der Waals surface area contributed by atoms with Gasteiger partial charge in [-0.3, -0.25) is 9.59 Å². The number of amides is 3. The fraction of sp³-hybridized carbons (Fsp3) is 0.743. The van der Waals surface area contributed by atoms with E-state index in [4.69, 9.17) is 9.47 Å². The average Bonchev–Trinajstić information content (AvgIpc) is 3.04. The lowest BCUT2D eigenvalue weighted by molar-refractivity contribution is -0.697. The van der Waals surface area contributed by atoms with Gasteiger partial charge in [0.05, 0.1) is 0 Å². The Labute approximate surface area is 298 Å². The van der Waals surface area contributed by atoms with Crippen molar-refractivity contribution in [1.82, 2.24) is 10.2 Å². The van der Waals surface area contributed by atoms with Crippen LogP contribution < -0.4 is 33.9 Å². The average molecular weight is 776 g/mol. The van der Waals surface area contributed by atoms with Gasteiger partial charge in [-0.1, -0.05) is 121 Å². The molecule has 1 aromatic rings. The van der Waals surface area contributed by atoms with E-state index in [-0.39, 0.29) is 48.9 Å². The van der Waals surface area contributed by atoms with Crippen LogP contribution in [0.25, 0.3) is 0 Å². The summed E-state index contributed by atoms with van der Waals surface area (Å²) in [5, 5.41) is 2.58. The highest BCUT2D eigenvalue weighted by Crippen LogP contribution is 2.40. The van der Waals surface area contributed by atoms with Crippen LogP contribution in [0.3, 0.4) is 0 Å². The van der Waals surface area contributed by atoms with Gasteiger partial charge in [0.25, 0.3) is 0 Å². The molecule has 46 heavy (non-hydrogen) atoms. The van der Waals surface area contributed by atoms with Crippen molar-refractivity contribution in [3.8, 4) is 0 Å². The molecule has 11 heteroatoms. The number of aromatic nitrogens is 1. The van der Waals surface area contributed by atoms with Gasteiger partial charge in [-0.15, -0.1) is 0 Å². The van der Waals surface area contributed by atoms with Crippen LogP contribution in [0.4, 0.5) is 9.59 Å². The summed E-state index contributed by atoms with van der Waals surface area (Å²) in [7, 11) is 0. The molecule has 0 aliphatic carbocycles. The molecule has 0 spiro atoms. The first-order valence-electron chi connectivity index (χ1n) is 17.3. The first kappa shape index (κ1) is 42.1. The minimum Gasteiger partial charge on any atom is -1.00 e. The van der Waals surface area contributed by atoms with Crippen molar-refractivity contribution in [1.29, 1.82) is 0 Å². The van der Waals surface area contributed by atoms with Crippen molar-refractivity contribution < 1.29 is 57.2 Å². The lowest BCUT2D eigenvalue weighted by Crippen LogP contribution is -3.00. The lowest BCUT2D eigenvalue weighted by Gasteiger charge is -2.37. The summed E-state index contributed by atoms with van der Waals surface area (Å²) in [5.41, 5.74) is -1.08. The number of ether oxygens (including phenoxy) is 2. The Morgan fingerprint density at radius 1 is 0.804 bits per heavy atom. The van der Waals surface area contributed by atoms with Crippen molar-refractivity contribution in [3.63, 3.8) is 0 Å². The summed E-state index contributed by atoms with van der Waals surface area (Å²) >= 11 is 1.11. The maximum absolute atomic E-state index is 12.7. The SMILES string of the molecule is CCCCCCCCCCCCCCCCCCNC(=O)OCC1(COC(=O)N(CCC[n+]2ccccc2)C(C)=O)CSC1=O.[I-]. The largest absolute Gasteiger partial charge is 1.00 e. The standard InChI is InChI=1S/C35H57N3O6S.HI/c1-3-4-5-6-7-8-9-10-11-12-13-14-15-16-17-19-23-36-33(41)43-28-35(30-45-32(35)40)29-44-34(42)38(31(2)39)27-22-26-37-24-20-18-21-25-37;/h18,20-21,24-25H,3-17,19,22-23,26-30H2,1-2H3;1H. The van der Waals surface area contributed by atoms with Gasteiger partial charge in [0.15, 0.2) is 12.4 Å². The van der Waals surface area contributed by atoms with Gasteiger partial charge in [-0.2, -0.15) is 0 Å². The van der Waals surface area contributed by atoms with E-state index in [1.165, 1.54) is 90.4 Å². The molecule has 1 saturated heterocycles. The van der Waals surface area contributed by atoms with Gasteiger partial charge >= 0.3 is 12.2 Å². The van der Waals surface area contributed by atoms with Gasteiger partial charge in [0, 0.05) is 44.3 Å². The molecule has 1 N–H and O–H groups in total. The maximum Gasteiger partial charge on any atom is 0.416 e. The molecule has 9 nitrogen and oxygen atoms in total. The first-order valence-corrected chi connectivity index (χ1v) is 18.3. The number of hydrogen-bond acceptors (Lipinski definition) is 7. The molecule has 1 fully saturated rings. The van der Waals surface area contributed by atoms with Gasteiger partial charge in [0.2, 0.25) is 11.0 Å². The molecular formula is C35H58IN3O6S. The Bertz CT molecular complexity index is 1000. The van der Waals surface area contributed by atoms with Crippen molar-refractivity contribution in [3.05, 3.63) is 30.6 Å². The lowest BCUT2D eigenvalue weighted by atomic mass is 9.93. The molecule has 1 aliphatic heterocycles. The van der Waals surface area contributed by atoms with Crippen LogP contribution in [-0.2, 0) is 25.6 Å². The van der Waals surface area contributed by atoms with Gasteiger partial charge in [0.1, 0.15) is 25.2 Å². The van der Waals surface area contributed by atoms with E-state index in [0.717, 1.165) is 35.9 Å². The minimum absolute atomic E-state index is 0. The second-order valence-corrected chi connectivity index (χ2v) is 13.3. The van der Waals surface area contributed by atoms with Crippen molar-refractivity contribution >= 4 is 35.0 Å². The number of alkyl carbamates (subject to hydrolysis) is 1. The smallest absolute Gasteiger partial charge is 0.416 e. The Hall–Kier alpha value is -1.89. The Balaban J connectivity index is 0.0000106. The normalized spacial score (nSPS) is 15.4. The van der Waals surface area contributed by atoms with Crippen molar-refractivity contribution in [2.45, 2.75) is 130 Å². The molecule has 2 heterocycles. The predicted molar refractivity (Wildman–Crippen MR) is 179 cm³/mol. The number of carbonyl (C=O) groups excluding carboxylic acids is 4. The third-order valence-corrected chi connectivity index (χ3v) is 9.73. The van der Waals surface area contributed by atoms with Gasteiger partial charge in [-0.05, 0) is 6.42 Å². The second-order valence-electron chi connectivity index (χ2n) is 12.4. The zero-order valence-electron chi connectivity index (χ0n) is 28.3. The Morgan fingerprint density at radius 3 is 1.80 bits per heavy atom. The summed E-state index contributed by atoms with van der Waals surface area (Å²) in [5.74, 6) is -0.0397. The summed E-state index contributed by atoms with van der Waals surface area (Å²) in [6, 6.07) is 5.74. The number of unbranched alkanes of at least 4 members (excludes halogenated alkanes) is 15. The van der Waals surface area contributed by atoms with Crippen LogP contribution in [0.5, 0.6) is 0 Å². The monoisotopic (exact) mass is 775 g/mol. The van der Waals surface area contributed by atoms with Crippen LogP contribution in [0.15, 0.2) is 30.6 Å². The number of aryl methyl sites for hydroxylation is 1. The van der Waals surface area contributed by atoms with Crippen molar-refractivity contribution in [2.24, 2.45) is 5.41 Å². The van der Waals surface area contributed by atoms with Crippen molar-refractivity contribution in [2.75, 3.05) is 32.1 Å². The van der Waals surface area contributed by atoms with E-state index in [1.807, 2.05) is 35.2 Å². The van der Waals surface area contributed by atoms with E-state index in [9.17, 15) is 19.2 Å². The van der Waals surface area contributed by atoms with Crippen LogP contribution in [0.2, 0.25) is 0 Å². The zero-order valence-corrected chi connectivity index (χ0v) is 31.3. The number of imide groups is 1. The molecule has 2 rings (SSSR count). The third kappa shape index (κ3) is 17.9. The van der Waals surface area contributed by atoms with E-state index < -0.39 is 23.5 Å². The van der Waals surface area contributed by atoms with E-state index in [1.54, 1.807) is 0 Å². The highest BCUT2D eigenvalue weighted by atomic mass is 127. The molecule has 0 saturated carbocycles. The summed E-state index contributed by atoms with van der Waals surface area (Å²) in [6.45, 7) is 4.54. The van der Waals surface area contributed by atoms with Crippen LogP contribution >= 0.6 is 11.8 Å². The fourth-order valence-electron chi connectivity index (χ4n) is 5.35. The maximum atomic E-state index is 12.7. The molecule has 0 radical (unpaired) electrons. The number of hydrogen-bond donors (Lipinski definition) is 1. The number of pyridine rings is 1. The van der Waals surface area contributed by atoms with Crippen LogP contribution in [0, 0.1) is 5.41 Å². The fourth-order valence-corrected chi connectivity index (χ4v) is 6.30. The topological polar surface area (TPSA) is 106 Å². The number of thioether (sulfide) groups is 1. The number of nitrogens with one attached hydrogen (secondary N) is 1. The number of nitrogens with zero attached hydrogens (tertiary/aromatic N) is 2. The van der Waals surface area contributed by atoms with E-state index in [0.29, 0.717) is 25.3 Å². The first-order chi connectivity index (χ1) is 21.9. The van der Waals surface area contributed by atoms with Gasteiger partial charge in [-0.25, -0.2) is 19.1 Å². The highest BCUT2D eigenvalue weighted by molar-refractivity contribution is 8.15. The van der Waals surface area contributed by atoms with E-state index >= 15 is 0 Å². The molecule has 262 valence electrons. The molecule has 1 aliphatic rings. The number of carbonyl (C=O) groups is 4. The summed E-state index contributed by atoms with van der Waals surface area (Å²) < 4.78 is 12.7. The molecule has 0 aromatic carbocycles. The highest BCUT2D eigenvalue weighted by Gasteiger charge is 2.50. The number of halogens is 1. The molecule has 1 unspecified atom stereocenters. The Kier molecular flexibility index (Phi) is 23.9. The zero-order chi connectivity index (χ0) is 32.6. The Morgan fingerprint density at radius 2 is 1.33 bits per heavy atom. The third-order valence-electron chi connectivity index (χ3n) is 8.34. The summed E-state index contributed by atoms with van der Waals surface area (Å²) in [4.78, 5) is 50.5. The van der Waals surface area contributed by atoms with Crippen LogP contribution in [0.1, 0.15) is 123 Å². The van der Waals surface area contributed by atoms with Crippen LogP contribution in [-0.4, -0.2) is 60.2 Å². The summed E-state index contributed by atoms with van der Waals surface area (Å²) in [6.07, 6.45) is 23.7. The minimum atomic E-state index is -1.08. The quantitative estimate of drug-likeness (QED) is 0.0880. The number of rotatable bonds is 25. The van der Waals surface area contributed by atoms with Gasteiger partial charge < -0.3 is 38.8 Å². The molecule has 1 aromatic heterocycles. The molecule has 3 amide bonds. The van der Waals surface area contributed by atoms with E-state index in [2.05, 4.69) is 12.2 Å². The molecule has 1 atom stereocenters. The molecular weight excluding hydrogens is 717 g/mol. The molecule has 0 bridgehead atoms.